The zero-order chi connectivity index (χ0) is 16.0. The fraction of sp³-hybridized carbons (Fsp3) is 0.429. The van der Waals surface area contributed by atoms with E-state index < -0.39 is 10.0 Å². The van der Waals surface area contributed by atoms with Crippen LogP contribution in [0.5, 0.6) is 0 Å². The first-order chi connectivity index (χ1) is 9.86. The van der Waals surface area contributed by atoms with Crippen molar-refractivity contribution >= 4 is 33.2 Å². The first-order valence-electron chi connectivity index (χ1n) is 6.55. The number of nitrogens with one attached hydrogen (secondary N) is 1. The number of benzene rings is 1. The minimum Gasteiger partial charge on any atom is -0.316 e. The van der Waals surface area contributed by atoms with E-state index in [1.165, 1.54) is 10.4 Å². The lowest BCUT2D eigenvalue weighted by Crippen LogP contribution is -2.28. The van der Waals surface area contributed by atoms with Gasteiger partial charge in [-0.1, -0.05) is 29.3 Å². The first-order valence-corrected chi connectivity index (χ1v) is 8.74. The van der Waals surface area contributed by atoms with Gasteiger partial charge in [-0.15, -0.1) is 6.58 Å². The second kappa shape index (κ2) is 8.15. The molecule has 0 spiro atoms. The SMILES string of the molecule is C=CCCCN(C)S(=O)(=O)c1ccc(Cl)c(CNC)c1Cl. The van der Waals surface area contributed by atoms with Gasteiger partial charge in [0.15, 0.2) is 0 Å². The Morgan fingerprint density at radius 1 is 1.38 bits per heavy atom. The summed E-state index contributed by atoms with van der Waals surface area (Å²) >= 11 is 12.3. The predicted molar refractivity (Wildman–Crippen MR) is 88.5 cm³/mol. The van der Waals surface area contributed by atoms with E-state index in [-0.39, 0.29) is 9.92 Å². The van der Waals surface area contributed by atoms with Crippen LogP contribution in [-0.2, 0) is 16.6 Å². The number of unbranched alkanes of at least 4 members (excludes halogenated alkanes) is 1. The van der Waals surface area contributed by atoms with Crippen molar-refractivity contribution in [3.05, 3.63) is 40.4 Å². The van der Waals surface area contributed by atoms with Gasteiger partial charge in [-0.25, -0.2) is 12.7 Å². The summed E-state index contributed by atoms with van der Waals surface area (Å²) in [6, 6.07) is 3.01. The van der Waals surface area contributed by atoms with Gasteiger partial charge >= 0.3 is 0 Å². The van der Waals surface area contributed by atoms with E-state index in [2.05, 4.69) is 11.9 Å². The molecule has 21 heavy (non-hydrogen) atoms. The van der Waals surface area contributed by atoms with Crippen LogP contribution in [0.1, 0.15) is 18.4 Å². The van der Waals surface area contributed by atoms with Crippen molar-refractivity contribution in [1.82, 2.24) is 9.62 Å². The Bertz CT molecular complexity index is 603. The Kier molecular flexibility index (Phi) is 7.16. The molecule has 118 valence electrons. The number of halogens is 2. The molecule has 0 atom stereocenters. The van der Waals surface area contributed by atoms with Gasteiger partial charge in [0.1, 0.15) is 4.90 Å². The number of hydrogen-bond donors (Lipinski definition) is 1. The minimum atomic E-state index is -3.63. The molecular formula is C14H20Cl2N2O2S. The summed E-state index contributed by atoms with van der Waals surface area (Å²) in [6.07, 6.45) is 3.24. The van der Waals surface area contributed by atoms with Crippen molar-refractivity contribution in [2.45, 2.75) is 24.3 Å². The third kappa shape index (κ3) is 4.44. The monoisotopic (exact) mass is 350 g/mol. The molecule has 0 aliphatic heterocycles. The third-order valence-corrected chi connectivity index (χ3v) is 5.87. The smallest absolute Gasteiger partial charge is 0.244 e. The lowest BCUT2D eigenvalue weighted by molar-refractivity contribution is 0.463. The average Bonchev–Trinajstić information content (AvgIpc) is 2.43. The maximum Gasteiger partial charge on any atom is 0.244 e. The molecule has 0 fully saturated rings. The molecule has 0 bridgehead atoms. The van der Waals surface area contributed by atoms with Crippen LogP contribution in [0.15, 0.2) is 29.7 Å². The van der Waals surface area contributed by atoms with Crippen molar-refractivity contribution in [3.8, 4) is 0 Å². The van der Waals surface area contributed by atoms with Crippen LogP contribution in [0.4, 0.5) is 0 Å². The Morgan fingerprint density at radius 2 is 2.05 bits per heavy atom. The molecule has 0 aliphatic carbocycles. The normalized spacial score (nSPS) is 11.9. The van der Waals surface area contributed by atoms with Crippen LogP contribution in [-0.4, -0.2) is 33.4 Å². The first kappa shape index (κ1) is 18.5. The third-order valence-electron chi connectivity index (χ3n) is 3.07. The Labute approximate surface area is 136 Å². The van der Waals surface area contributed by atoms with Crippen molar-refractivity contribution < 1.29 is 8.42 Å². The quantitative estimate of drug-likeness (QED) is 0.578. The number of rotatable bonds is 8. The van der Waals surface area contributed by atoms with Crippen molar-refractivity contribution in [3.63, 3.8) is 0 Å². The predicted octanol–water partition coefficient (Wildman–Crippen LogP) is 3.30. The maximum absolute atomic E-state index is 12.6. The molecule has 0 saturated heterocycles. The second-order valence-electron chi connectivity index (χ2n) is 4.63. The topological polar surface area (TPSA) is 49.4 Å². The molecule has 1 N–H and O–H groups in total. The minimum absolute atomic E-state index is 0.0833. The van der Waals surface area contributed by atoms with Crippen LogP contribution in [0.2, 0.25) is 10.0 Å². The molecule has 0 heterocycles. The van der Waals surface area contributed by atoms with Gasteiger partial charge in [-0.05, 0) is 32.0 Å². The average molecular weight is 351 g/mol. The van der Waals surface area contributed by atoms with Crippen LogP contribution in [0.3, 0.4) is 0 Å². The Morgan fingerprint density at radius 3 is 2.62 bits per heavy atom. The lowest BCUT2D eigenvalue weighted by Gasteiger charge is -2.19. The van der Waals surface area contributed by atoms with Crippen LogP contribution in [0, 0.1) is 0 Å². The van der Waals surface area contributed by atoms with E-state index in [9.17, 15) is 8.42 Å². The van der Waals surface area contributed by atoms with Crippen molar-refractivity contribution in [1.29, 1.82) is 0 Å². The number of hydrogen-bond acceptors (Lipinski definition) is 3. The van der Waals surface area contributed by atoms with Crippen LogP contribution >= 0.6 is 23.2 Å². The molecule has 4 nitrogen and oxygen atoms in total. The Hall–Kier alpha value is -0.590. The van der Waals surface area contributed by atoms with E-state index in [1.54, 1.807) is 26.2 Å². The summed E-state index contributed by atoms with van der Waals surface area (Å²) in [7, 11) is -0.339. The molecule has 0 saturated carbocycles. The largest absolute Gasteiger partial charge is 0.316 e. The van der Waals surface area contributed by atoms with Crippen molar-refractivity contribution in [2.24, 2.45) is 0 Å². The highest BCUT2D eigenvalue weighted by Crippen LogP contribution is 2.32. The number of sulfonamides is 1. The van der Waals surface area contributed by atoms with E-state index in [0.29, 0.717) is 30.1 Å². The summed E-state index contributed by atoms with van der Waals surface area (Å²) in [4.78, 5) is 0.0833. The summed E-state index contributed by atoms with van der Waals surface area (Å²) in [5.41, 5.74) is 0.585. The molecule has 0 aliphatic rings. The van der Waals surface area contributed by atoms with E-state index in [0.717, 1.165) is 6.42 Å². The second-order valence-corrected chi connectivity index (χ2v) is 7.42. The lowest BCUT2D eigenvalue weighted by atomic mass is 10.2. The van der Waals surface area contributed by atoms with Gasteiger partial charge in [0.25, 0.3) is 0 Å². The fourth-order valence-corrected chi connectivity index (χ4v) is 3.95. The maximum atomic E-state index is 12.6. The van der Waals surface area contributed by atoms with E-state index in [4.69, 9.17) is 23.2 Å². The molecule has 7 heteroatoms. The van der Waals surface area contributed by atoms with Crippen molar-refractivity contribution in [2.75, 3.05) is 20.6 Å². The van der Waals surface area contributed by atoms with Gasteiger partial charge in [0.05, 0.1) is 5.02 Å². The summed E-state index contributed by atoms with van der Waals surface area (Å²) in [6.45, 7) is 4.44. The zero-order valence-corrected chi connectivity index (χ0v) is 14.5. The van der Waals surface area contributed by atoms with Gasteiger partial charge in [0.2, 0.25) is 10.0 Å². The van der Waals surface area contributed by atoms with Crippen LogP contribution in [0.25, 0.3) is 0 Å². The summed E-state index contributed by atoms with van der Waals surface area (Å²) < 4.78 is 26.4. The van der Waals surface area contributed by atoms with Crippen LogP contribution < -0.4 is 5.32 Å². The molecule has 1 aromatic rings. The Balaban J connectivity index is 3.13. The standard InChI is InChI=1S/C14H20Cl2N2O2S/c1-4-5-6-9-18(3)21(19,20)13-8-7-12(15)11(10-17-2)14(13)16/h4,7-8,17H,1,5-6,9-10H2,2-3H3. The highest BCUT2D eigenvalue weighted by atomic mass is 35.5. The summed E-state index contributed by atoms with van der Waals surface area (Å²) in [5.74, 6) is 0. The van der Waals surface area contributed by atoms with Gasteiger partial charge in [-0.2, -0.15) is 0 Å². The molecule has 1 aromatic carbocycles. The molecule has 0 unspecified atom stereocenters. The molecule has 1 rings (SSSR count). The molecule has 0 amide bonds. The highest BCUT2D eigenvalue weighted by Gasteiger charge is 2.25. The van der Waals surface area contributed by atoms with E-state index in [1.807, 2.05) is 0 Å². The van der Waals surface area contributed by atoms with Gasteiger partial charge < -0.3 is 5.32 Å². The van der Waals surface area contributed by atoms with E-state index >= 15 is 0 Å². The molecular weight excluding hydrogens is 331 g/mol. The number of allylic oxidation sites excluding steroid dienone is 1. The number of nitrogens with zero attached hydrogens (tertiary/aromatic N) is 1. The van der Waals surface area contributed by atoms with Gasteiger partial charge in [0, 0.05) is 30.7 Å². The molecule has 0 radical (unpaired) electrons. The summed E-state index contributed by atoms with van der Waals surface area (Å²) in [5, 5.41) is 3.55. The van der Waals surface area contributed by atoms with Gasteiger partial charge in [-0.3, -0.25) is 0 Å². The zero-order valence-electron chi connectivity index (χ0n) is 12.2. The highest BCUT2D eigenvalue weighted by molar-refractivity contribution is 7.89. The molecule has 0 aromatic heterocycles. The fourth-order valence-electron chi connectivity index (χ4n) is 1.86.